The molecule has 1 heterocycles. The van der Waals surface area contributed by atoms with Gasteiger partial charge in [0.15, 0.2) is 12.3 Å². The lowest BCUT2D eigenvalue weighted by molar-refractivity contribution is -0.148. The van der Waals surface area contributed by atoms with Crippen LogP contribution in [0.25, 0.3) is 0 Å². The maximum absolute atomic E-state index is 12.8. The monoisotopic (exact) mass is 480 g/mol. The number of carbonyl (C=O) groups is 2. The highest BCUT2D eigenvalue weighted by molar-refractivity contribution is 5.97. The number of hydrogen-bond donors (Lipinski definition) is 2. The highest BCUT2D eigenvalue weighted by Gasteiger charge is 2.24. The first-order valence-corrected chi connectivity index (χ1v) is 11.1. The summed E-state index contributed by atoms with van der Waals surface area (Å²) in [4.78, 5) is 53.1. The summed E-state index contributed by atoms with van der Waals surface area (Å²) in [5.41, 5.74) is 6.37. The number of aromatic nitrogens is 2. The number of aryl methyl sites for hydroxylation is 1. The van der Waals surface area contributed by atoms with Crippen molar-refractivity contribution in [2.75, 3.05) is 30.4 Å². The van der Waals surface area contributed by atoms with Gasteiger partial charge in [0.05, 0.1) is 19.6 Å². The SMILES string of the molecule is CCN(C(=O)COC(=O)CCOc1ccc(C)cc1)c1c(N)n(Cc2ccccc2)c(=O)[nH]c1=O. The zero-order valence-electron chi connectivity index (χ0n) is 19.7. The van der Waals surface area contributed by atoms with Crippen LogP contribution in [0.15, 0.2) is 64.2 Å². The van der Waals surface area contributed by atoms with Crippen LogP contribution in [0.4, 0.5) is 11.5 Å². The molecule has 0 unspecified atom stereocenters. The Hall–Kier alpha value is -4.34. The van der Waals surface area contributed by atoms with Crippen molar-refractivity contribution >= 4 is 23.4 Å². The second-order valence-corrected chi connectivity index (χ2v) is 7.78. The van der Waals surface area contributed by atoms with Gasteiger partial charge in [-0.2, -0.15) is 0 Å². The number of nitrogens with two attached hydrogens (primary N) is 1. The molecule has 0 radical (unpaired) electrons. The fraction of sp³-hybridized carbons (Fsp3) is 0.280. The highest BCUT2D eigenvalue weighted by Crippen LogP contribution is 2.18. The molecule has 10 nitrogen and oxygen atoms in total. The van der Waals surface area contributed by atoms with Crippen LogP contribution >= 0.6 is 0 Å². The Morgan fingerprint density at radius 3 is 2.40 bits per heavy atom. The number of benzene rings is 2. The molecule has 0 aliphatic carbocycles. The molecule has 0 spiro atoms. The van der Waals surface area contributed by atoms with Crippen LogP contribution in [0.2, 0.25) is 0 Å². The molecule has 0 fully saturated rings. The average Bonchev–Trinajstić information content (AvgIpc) is 2.84. The van der Waals surface area contributed by atoms with Crippen LogP contribution < -0.4 is 26.6 Å². The fourth-order valence-electron chi connectivity index (χ4n) is 3.40. The minimum Gasteiger partial charge on any atom is -0.493 e. The Bertz CT molecular complexity index is 1280. The number of likely N-dealkylation sites (N-methyl/N-ethyl adjacent to an activating group) is 1. The quantitative estimate of drug-likeness (QED) is 0.423. The smallest absolute Gasteiger partial charge is 0.330 e. The van der Waals surface area contributed by atoms with Gasteiger partial charge >= 0.3 is 11.7 Å². The molecule has 184 valence electrons. The lowest BCUT2D eigenvalue weighted by Crippen LogP contribution is -2.42. The number of rotatable bonds is 10. The van der Waals surface area contributed by atoms with E-state index in [9.17, 15) is 19.2 Å². The number of esters is 1. The van der Waals surface area contributed by atoms with Crippen molar-refractivity contribution in [2.24, 2.45) is 0 Å². The largest absolute Gasteiger partial charge is 0.493 e. The fourth-order valence-corrected chi connectivity index (χ4v) is 3.40. The first-order chi connectivity index (χ1) is 16.8. The summed E-state index contributed by atoms with van der Waals surface area (Å²) in [6.07, 6.45) is -0.0576. The number of aromatic amines is 1. The van der Waals surface area contributed by atoms with E-state index in [1.807, 2.05) is 37.3 Å². The molecule has 0 aliphatic rings. The molecule has 1 aromatic heterocycles. The van der Waals surface area contributed by atoms with Gasteiger partial charge in [-0.15, -0.1) is 0 Å². The van der Waals surface area contributed by atoms with Gasteiger partial charge in [-0.05, 0) is 31.5 Å². The van der Waals surface area contributed by atoms with Crippen molar-refractivity contribution in [1.82, 2.24) is 9.55 Å². The minimum atomic E-state index is -0.801. The number of amides is 1. The number of ether oxygens (including phenoxy) is 2. The first kappa shape index (κ1) is 25.3. The average molecular weight is 481 g/mol. The zero-order valence-corrected chi connectivity index (χ0v) is 19.7. The molecule has 3 aromatic rings. The van der Waals surface area contributed by atoms with Gasteiger partial charge in [0.1, 0.15) is 11.6 Å². The van der Waals surface area contributed by atoms with E-state index in [1.54, 1.807) is 31.2 Å². The van der Waals surface area contributed by atoms with Crippen molar-refractivity contribution in [3.05, 3.63) is 86.6 Å². The van der Waals surface area contributed by atoms with Crippen molar-refractivity contribution in [3.63, 3.8) is 0 Å². The zero-order chi connectivity index (χ0) is 25.4. The minimum absolute atomic E-state index is 0.0576. The third-order valence-corrected chi connectivity index (χ3v) is 5.24. The lowest BCUT2D eigenvalue weighted by Gasteiger charge is -2.23. The second-order valence-electron chi connectivity index (χ2n) is 7.78. The number of H-pyrrole nitrogens is 1. The second kappa shape index (κ2) is 11.7. The first-order valence-electron chi connectivity index (χ1n) is 11.1. The molecule has 35 heavy (non-hydrogen) atoms. The van der Waals surface area contributed by atoms with Gasteiger partial charge in [-0.3, -0.25) is 23.9 Å². The summed E-state index contributed by atoms with van der Waals surface area (Å²) in [5, 5.41) is 0. The van der Waals surface area contributed by atoms with Gasteiger partial charge in [0, 0.05) is 6.54 Å². The summed E-state index contributed by atoms with van der Waals surface area (Å²) in [6, 6.07) is 16.4. The number of hydrogen-bond acceptors (Lipinski definition) is 7. The van der Waals surface area contributed by atoms with Crippen LogP contribution in [-0.2, 0) is 20.9 Å². The number of nitrogens with zero attached hydrogens (tertiary/aromatic N) is 2. The Balaban J connectivity index is 1.65. The highest BCUT2D eigenvalue weighted by atomic mass is 16.5. The van der Waals surface area contributed by atoms with Crippen molar-refractivity contribution in [2.45, 2.75) is 26.8 Å². The van der Waals surface area contributed by atoms with Crippen molar-refractivity contribution in [3.8, 4) is 5.75 Å². The molecule has 3 N–H and O–H groups in total. The third-order valence-electron chi connectivity index (χ3n) is 5.24. The van der Waals surface area contributed by atoms with E-state index in [2.05, 4.69) is 4.98 Å². The van der Waals surface area contributed by atoms with E-state index in [-0.39, 0.29) is 37.6 Å². The summed E-state index contributed by atoms with van der Waals surface area (Å²) in [5.74, 6) is -0.813. The molecule has 0 atom stereocenters. The molecular weight excluding hydrogens is 452 g/mol. The third kappa shape index (κ3) is 6.59. The summed E-state index contributed by atoms with van der Waals surface area (Å²) >= 11 is 0. The normalized spacial score (nSPS) is 10.6. The molecule has 0 aliphatic heterocycles. The van der Waals surface area contributed by atoms with Crippen LogP contribution in [-0.4, -0.2) is 41.2 Å². The van der Waals surface area contributed by atoms with E-state index in [0.717, 1.165) is 16.0 Å². The topological polar surface area (TPSA) is 137 Å². The van der Waals surface area contributed by atoms with E-state index < -0.39 is 29.7 Å². The summed E-state index contributed by atoms with van der Waals surface area (Å²) in [6.45, 7) is 3.27. The summed E-state index contributed by atoms with van der Waals surface area (Å²) < 4.78 is 11.7. The molecule has 2 aromatic carbocycles. The van der Waals surface area contributed by atoms with Crippen LogP contribution in [0, 0.1) is 6.92 Å². The van der Waals surface area contributed by atoms with Gasteiger partial charge in [0.25, 0.3) is 11.5 Å². The van der Waals surface area contributed by atoms with Crippen LogP contribution in [0.3, 0.4) is 0 Å². The van der Waals surface area contributed by atoms with E-state index in [0.29, 0.717) is 5.75 Å². The molecule has 10 heteroatoms. The Morgan fingerprint density at radius 2 is 1.74 bits per heavy atom. The standard InChI is InChI=1S/C25H28N4O6/c1-3-28(20(30)16-35-21(31)13-14-34-19-11-9-17(2)10-12-19)22-23(26)29(25(33)27-24(22)32)15-18-7-5-4-6-8-18/h4-12H,3,13-16,26H2,1-2H3,(H,27,32,33). The van der Waals surface area contributed by atoms with Gasteiger partial charge in [-0.25, -0.2) is 4.79 Å². The molecule has 3 rings (SSSR count). The van der Waals surface area contributed by atoms with Gasteiger partial charge < -0.3 is 20.1 Å². The van der Waals surface area contributed by atoms with Gasteiger partial charge in [-0.1, -0.05) is 48.0 Å². The Labute approximate surface area is 201 Å². The number of anilines is 2. The van der Waals surface area contributed by atoms with Gasteiger partial charge in [0.2, 0.25) is 0 Å². The summed E-state index contributed by atoms with van der Waals surface area (Å²) in [7, 11) is 0. The maximum atomic E-state index is 12.8. The van der Waals surface area contributed by atoms with Crippen molar-refractivity contribution in [1.29, 1.82) is 0 Å². The number of nitrogens with one attached hydrogen (secondary N) is 1. The predicted molar refractivity (Wildman–Crippen MR) is 132 cm³/mol. The number of nitrogen functional groups attached to an aromatic ring is 1. The Kier molecular flexibility index (Phi) is 8.44. The predicted octanol–water partition coefficient (Wildman–Crippen LogP) is 1.84. The maximum Gasteiger partial charge on any atom is 0.330 e. The van der Waals surface area contributed by atoms with Crippen LogP contribution in [0.5, 0.6) is 5.75 Å². The molecular formula is C25H28N4O6. The van der Waals surface area contributed by atoms with E-state index >= 15 is 0 Å². The molecule has 1 amide bonds. The molecule has 0 bridgehead atoms. The Morgan fingerprint density at radius 1 is 1.06 bits per heavy atom. The van der Waals surface area contributed by atoms with Crippen LogP contribution in [0.1, 0.15) is 24.5 Å². The van der Waals surface area contributed by atoms with E-state index in [1.165, 1.54) is 4.57 Å². The lowest BCUT2D eigenvalue weighted by atomic mass is 10.2. The molecule has 0 saturated carbocycles. The van der Waals surface area contributed by atoms with E-state index in [4.69, 9.17) is 15.2 Å². The molecule has 0 saturated heterocycles. The number of carbonyl (C=O) groups excluding carboxylic acids is 2. The van der Waals surface area contributed by atoms with Crippen molar-refractivity contribution < 1.29 is 19.1 Å².